The molecule has 0 heterocycles. The van der Waals surface area contributed by atoms with Crippen LogP contribution in [0.2, 0.25) is 0 Å². The molecular formula is C10H10BrFO. The number of halogens is 2. The molecule has 1 aliphatic carbocycles. The highest BCUT2D eigenvalue weighted by molar-refractivity contribution is 9.10. The lowest BCUT2D eigenvalue weighted by Crippen LogP contribution is -2.40. The van der Waals surface area contributed by atoms with Crippen LogP contribution in [0.1, 0.15) is 18.4 Å². The molecule has 1 nitrogen and oxygen atoms in total. The normalized spacial score (nSPS) is 32.7. The maximum atomic E-state index is 13.9. The summed E-state index contributed by atoms with van der Waals surface area (Å²) in [6.07, 6.45) is -0.0172. The number of rotatable bonds is 1. The van der Waals surface area contributed by atoms with Gasteiger partial charge in [0.25, 0.3) is 0 Å². The Morgan fingerprint density at radius 2 is 2.15 bits per heavy atom. The monoisotopic (exact) mass is 244 g/mol. The van der Waals surface area contributed by atoms with Gasteiger partial charge in [-0.1, -0.05) is 28.1 Å². The summed E-state index contributed by atoms with van der Waals surface area (Å²) in [7, 11) is 0. The lowest BCUT2D eigenvalue weighted by atomic mass is 9.74. The Balaban J connectivity index is 2.26. The molecule has 0 amide bonds. The minimum atomic E-state index is -1.30. The van der Waals surface area contributed by atoms with Crippen LogP contribution >= 0.6 is 15.9 Å². The largest absolute Gasteiger partial charge is 0.393 e. The van der Waals surface area contributed by atoms with Crippen molar-refractivity contribution in [1.29, 1.82) is 0 Å². The van der Waals surface area contributed by atoms with Crippen LogP contribution < -0.4 is 0 Å². The quantitative estimate of drug-likeness (QED) is 0.806. The molecule has 0 spiro atoms. The minimum absolute atomic E-state index is 0.226. The van der Waals surface area contributed by atoms with Crippen LogP contribution in [0.4, 0.5) is 4.39 Å². The Labute approximate surface area is 84.7 Å². The van der Waals surface area contributed by atoms with Crippen LogP contribution in [0.15, 0.2) is 28.7 Å². The first-order chi connectivity index (χ1) is 6.10. The van der Waals surface area contributed by atoms with Gasteiger partial charge in [0.2, 0.25) is 0 Å². The van der Waals surface area contributed by atoms with Gasteiger partial charge in [0.1, 0.15) is 5.67 Å². The van der Waals surface area contributed by atoms with E-state index in [1.165, 1.54) is 0 Å². The molecule has 0 aromatic heterocycles. The molecule has 0 aliphatic heterocycles. The third-order valence-electron chi connectivity index (χ3n) is 2.46. The van der Waals surface area contributed by atoms with Crippen molar-refractivity contribution < 1.29 is 9.50 Å². The van der Waals surface area contributed by atoms with Gasteiger partial charge >= 0.3 is 0 Å². The van der Waals surface area contributed by atoms with E-state index in [2.05, 4.69) is 15.9 Å². The Kier molecular flexibility index (Phi) is 2.16. The minimum Gasteiger partial charge on any atom is -0.393 e. The fraction of sp³-hybridized carbons (Fsp3) is 0.400. The second-order valence-corrected chi connectivity index (χ2v) is 4.45. The molecular weight excluding hydrogens is 235 g/mol. The molecule has 0 atom stereocenters. The molecule has 2 rings (SSSR count). The summed E-state index contributed by atoms with van der Waals surface area (Å²) >= 11 is 3.29. The van der Waals surface area contributed by atoms with E-state index in [0.717, 1.165) is 4.47 Å². The van der Waals surface area contributed by atoms with Crippen molar-refractivity contribution in [3.8, 4) is 0 Å². The second kappa shape index (κ2) is 3.07. The number of benzene rings is 1. The zero-order valence-electron chi connectivity index (χ0n) is 7.00. The first-order valence-corrected chi connectivity index (χ1v) is 5.02. The highest BCUT2D eigenvalue weighted by Gasteiger charge is 2.45. The molecule has 1 saturated carbocycles. The van der Waals surface area contributed by atoms with Crippen molar-refractivity contribution in [3.63, 3.8) is 0 Å². The van der Waals surface area contributed by atoms with Gasteiger partial charge in [-0.3, -0.25) is 0 Å². The zero-order chi connectivity index (χ0) is 9.47. The van der Waals surface area contributed by atoms with Crippen molar-refractivity contribution >= 4 is 15.9 Å². The third kappa shape index (κ3) is 1.63. The van der Waals surface area contributed by atoms with Crippen molar-refractivity contribution in [2.45, 2.75) is 24.6 Å². The van der Waals surface area contributed by atoms with Crippen LogP contribution in [-0.4, -0.2) is 11.2 Å². The smallest absolute Gasteiger partial charge is 0.141 e. The van der Waals surface area contributed by atoms with Crippen LogP contribution in [0.3, 0.4) is 0 Å². The summed E-state index contributed by atoms with van der Waals surface area (Å²) in [5, 5.41) is 9.06. The van der Waals surface area contributed by atoms with Gasteiger partial charge in [0, 0.05) is 17.3 Å². The van der Waals surface area contributed by atoms with Gasteiger partial charge in [-0.15, -0.1) is 0 Å². The highest BCUT2D eigenvalue weighted by Crippen LogP contribution is 2.45. The molecule has 3 heteroatoms. The molecule has 13 heavy (non-hydrogen) atoms. The zero-order valence-corrected chi connectivity index (χ0v) is 8.59. The van der Waals surface area contributed by atoms with Gasteiger partial charge < -0.3 is 5.11 Å². The molecule has 1 fully saturated rings. The first-order valence-electron chi connectivity index (χ1n) is 4.23. The van der Waals surface area contributed by atoms with E-state index < -0.39 is 11.8 Å². The number of hydrogen-bond acceptors (Lipinski definition) is 1. The Bertz CT molecular complexity index is 320. The standard InChI is InChI=1S/C10H10BrFO/c11-8-3-1-2-7(4-8)10(12)5-9(13)6-10/h1-4,9,13H,5-6H2. The Morgan fingerprint density at radius 3 is 2.69 bits per heavy atom. The van der Waals surface area contributed by atoms with E-state index in [1.807, 2.05) is 12.1 Å². The molecule has 0 radical (unpaired) electrons. The average molecular weight is 245 g/mol. The van der Waals surface area contributed by atoms with E-state index in [0.29, 0.717) is 5.56 Å². The van der Waals surface area contributed by atoms with Gasteiger partial charge in [-0.2, -0.15) is 0 Å². The summed E-state index contributed by atoms with van der Waals surface area (Å²) in [5.74, 6) is 0. The predicted molar refractivity (Wildman–Crippen MR) is 52.2 cm³/mol. The van der Waals surface area contributed by atoms with Crippen LogP contribution in [0, 0.1) is 0 Å². The van der Waals surface area contributed by atoms with Crippen molar-refractivity contribution in [2.24, 2.45) is 0 Å². The fourth-order valence-electron chi connectivity index (χ4n) is 1.69. The van der Waals surface area contributed by atoms with E-state index in [9.17, 15) is 4.39 Å². The van der Waals surface area contributed by atoms with E-state index in [4.69, 9.17) is 5.11 Å². The van der Waals surface area contributed by atoms with Crippen LogP contribution in [-0.2, 0) is 5.67 Å². The molecule has 1 N–H and O–H groups in total. The molecule has 0 bridgehead atoms. The summed E-state index contributed by atoms with van der Waals surface area (Å²) in [4.78, 5) is 0. The molecule has 0 saturated heterocycles. The van der Waals surface area contributed by atoms with E-state index >= 15 is 0 Å². The van der Waals surface area contributed by atoms with Crippen molar-refractivity contribution in [3.05, 3.63) is 34.3 Å². The fourth-order valence-corrected chi connectivity index (χ4v) is 2.09. The Morgan fingerprint density at radius 1 is 1.46 bits per heavy atom. The van der Waals surface area contributed by atoms with Crippen molar-refractivity contribution in [2.75, 3.05) is 0 Å². The van der Waals surface area contributed by atoms with Crippen LogP contribution in [0.5, 0.6) is 0 Å². The average Bonchev–Trinajstić information content (AvgIpc) is 2.02. The number of alkyl halides is 1. The van der Waals surface area contributed by atoms with Gasteiger partial charge in [0.05, 0.1) is 6.10 Å². The van der Waals surface area contributed by atoms with Gasteiger partial charge in [-0.25, -0.2) is 4.39 Å². The molecule has 0 unspecified atom stereocenters. The van der Waals surface area contributed by atoms with Crippen molar-refractivity contribution in [1.82, 2.24) is 0 Å². The molecule has 1 aromatic rings. The number of aliphatic hydroxyl groups excluding tert-OH is 1. The lowest BCUT2D eigenvalue weighted by molar-refractivity contribution is -0.0606. The molecule has 1 aliphatic rings. The third-order valence-corrected chi connectivity index (χ3v) is 2.95. The highest BCUT2D eigenvalue weighted by atomic mass is 79.9. The number of aliphatic hydroxyl groups is 1. The summed E-state index contributed by atoms with van der Waals surface area (Å²) in [6, 6.07) is 7.20. The Hall–Kier alpha value is -0.410. The van der Waals surface area contributed by atoms with Crippen LogP contribution in [0.25, 0.3) is 0 Å². The summed E-state index contributed by atoms with van der Waals surface area (Å²) in [5.41, 5.74) is -0.643. The number of hydrogen-bond donors (Lipinski definition) is 1. The summed E-state index contributed by atoms with van der Waals surface area (Å²) in [6.45, 7) is 0. The SMILES string of the molecule is OC1CC(F)(c2cccc(Br)c2)C1. The van der Waals surface area contributed by atoms with Gasteiger partial charge in [0.15, 0.2) is 0 Å². The summed E-state index contributed by atoms with van der Waals surface area (Å²) < 4.78 is 14.8. The molecule has 1 aromatic carbocycles. The second-order valence-electron chi connectivity index (χ2n) is 3.54. The lowest BCUT2D eigenvalue weighted by Gasteiger charge is -2.38. The van der Waals surface area contributed by atoms with Gasteiger partial charge in [-0.05, 0) is 17.7 Å². The maximum Gasteiger partial charge on any atom is 0.141 e. The first kappa shape index (κ1) is 9.16. The van der Waals surface area contributed by atoms with E-state index in [1.54, 1.807) is 12.1 Å². The maximum absolute atomic E-state index is 13.9. The predicted octanol–water partition coefficient (Wildman–Crippen LogP) is 2.77. The topological polar surface area (TPSA) is 20.2 Å². The van der Waals surface area contributed by atoms with E-state index in [-0.39, 0.29) is 12.8 Å². The molecule has 70 valence electrons.